The van der Waals surface area contributed by atoms with Crippen LogP contribution >= 0.6 is 0 Å². The number of pyridine rings is 1. The Morgan fingerprint density at radius 3 is 2.56 bits per heavy atom. The molecule has 0 saturated carbocycles. The quantitative estimate of drug-likeness (QED) is 0.790. The van der Waals surface area contributed by atoms with Crippen LogP contribution in [-0.2, 0) is 6.54 Å². The first kappa shape index (κ1) is 12.9. The lowest BCUT2D eigenvalue weighted by molar-refractivity contribution is 0.0424. The highest BCUT2D eigenvalue weighted by Crippen LogP contribution is 2.09. The molecule has 0 fully saturated rings. The average Bonchev–Trinajstić information content (AvgIpc) is 2.16. The summed E-state index contributed by atoms with van der Waals surface area (Å²) in [7, 11) is 3.84. The minimum atomic E-state index is -0.660. The number of likely N-dealkylation sites (N-methyl/N-ethyl adjacent to an activating group) is 1. The van der Waals surface area contributed by atoms with Crippen molar-refractivity contribution >= 4 is 5.82 Å². The van der Waals surface area contributed by atoms with Gasteiger partial charge in [-0.1, -0.05) is 6.07 Å². The molecule has 0 bridgehead atoms. The molecule has 0 unspecified atom stereocenters. The lowest BCUT2D eigenvalue weighted by Gasteiger charge is -2.25. The molecule has 4 heteroatoms. The Morgan fingerprint density at radius 2 is 2.12 bits per heavy atom. The molecule has 0 spiro atoms. The second-order valence-corrected chi connectivity index (χ2v) is 4.79. The topological polar surface area (TPSA) is 48.4 Å². The maximum absolute atomic E-state index is 9.68. The van der Waals surface area contributed by atoms with Crippen molar-refractivity contribution in [1.82, 2.24) is 9.88 Å². The minimum Gasteiger partial charge on any atom is -0.389 e. The fraction of sp³-hybridized carbons (Fsp3) is 0.583. The standard InChI is InChI=1S/C12H21N3O/c1-12(2,16)9-15(4)8-10-5-6-11(13-3)14-7-10/h5-7,16H,8-9H2,1-4H3,(H,13,14). The smallest absolute Gasteiger partial charge is 0.125 e. The van der Waals surface area contributed by atoms with E-state index in [1.807, 2.05) is 46.3 Å². The van der Waals surface area contributed by atoms with Crippen molar-refractivity contribution < 1.29 is 5.11 Å². The highest BCUT2D eigenvalue weighted by atomic mass is 16.3. The maximum Gasteiger partial charge on any atom is 0.125 e. The second kappa shape index (κ2) is 5.27. The molecule has 0 aliphatic rings. The van der Waals surface area contributed by atoms with Crippen LogP contribution in [0.1, 0.15) is 19.4 Å². The number of anilines is 1. The van der Waals surface area contributed by atoms with E-state index in [0.29, 0.717) is 6.54 Å². The van der Waals surface area contributed by atoms with Gasteiger partial charge in [-0.05, 0) is 32.5 Å². The van der Waals surface area contributed by atoms with Crippen LogP contribution in [0, 0.1) is 0 Å². The van der Waals surface area contributed by atoms with Crippen LogP contribution < -0.4 is 5.32 Å². The van der Waals surface area contributed by atoms with Gasteiger partial charge in [-0.25, -0.2) is 4.98 Å². The van der Waals surface area contributed by atoms with E-state index in [9.17, 15) is 5.11 Å². The molecule has 2 N–H and O–H groups in total. The Labute approximate surface area is 97.3 Å². The summed E-state index contributed by atoms with van der Waals surface area (Å²) in [6.45, 7) is 5.06. The van der Waals surface area contributed by atoms with Crippen molar-refractivity contribution in [2.24, 2.45) is 0 Å². The summed E-state index contributed by atoms with van der Waals surface area (Å²) >= 11 is 0. The molecule has 1 aromatic heterocycles. The molecule has 4 nitrogen and oxygen atoms in total. The van der Waals surface area contributed by atoms with E-state index >= 15 is 0 Å². The van der Waals surface area contributed by atoms with Gasteiger partial charge in [0.2, 0.25) is 0 Å². The van der Waals surface area contributed by atoms with Crippen LogP contribution in [-0.4, -0.2) is 41.2 Å². The van der Waals surface area contributed by atoms with E-state index in [-0.39, 0.29) is 0 Å². The predicted octanol–water partition coefficient (Wildman–Crippen LogP) is 1.33. The predicted molar refractivity (Wildman–Crippen MR) is 66.4 cm³/mol. The van der Waals surface area contributed by atoms with E-state index in [2.05, 4.69) is 15.2 Å². The zero-order valence-corrected chi connectivity index (χ0v) is 10.5. The molecule has 16 heavy (non-hydrogen) atoms. The molecular weight excluding hydrogens is 202 g/mol. The van der Waals surface area contributed by atoms with Gasteiger partial charge in [0.1, 0.15) is 5.82 Å². The summed E-state index contributed by atoms with van der Waals surface area (Å²) in [4.78, 5) is 6.33. The normalized spacial score (nSPS) is 11.9. The SMILES string of the molecule is CNc1ccc(CN(C)CC(C)(C)O)cn1. The molecule has 0 amide bonds. The first-order chi connectivity index (χ1) is 7.40. The summed E-state index contributed by atoms with van der Waals surface area (Å²) in [5, 5.41) is 12.7. The van der Waals surface area contributed by atoms with Gasteiger partial charge in [0.05, 0.1) is 5.60 Å². The fourth-order valence-electron chi connectivity index (χ4n) is 1.69. The van der Waals surface area contributed by atoms with Gasteiger partial charge in [-0.3, -0.25) is 4.90 Å². The van der Waals surface area contributed by atoms with Crippen LogP contribution in [0.4, 0.5) is 5.82 Å². The Kier molecular flexibility index (Phi) is 4.26. The Hall–Kier alpha value is -1.13. The lowest BCUT2D eigenvalue weighted by atomic mass is 10.1. The van der Waals surface area contributed by atoms with Crippen molar-refractivity contribution in [2.45, 2.75) is 26.0 Å². The summed E-state index contributed by atoms with van der Waals surface area (Å²) < 4.78 is 0. The highest BCUT2D eigenvalue weighted by molar-refractivity contribution is 5.34. The monoisotopic (exact) mass is 223 g/mol. The van der Waals surface area contributed by atoms with Gasteiger partial charge < -0.3 is 10.4 Å². The van der Waals surface area contributed by atoms with Crippen molar-refractivity contribution in [3.63, 3.8) is 0 Å². The van der Waals surface area contributed by atoms with Gasteiger partial charge in [0.15, 0.2) is 0 Å². The molecule has 0 radical (unpaired) electrons. The van der Waals surface area contributed by atoms with Crippen molar-refractivity contribution in [3.8, 4) is 0 Å². The number of rotatable bonds is 5. The lowest BCUT2D eigenvalue weighted by Crippen LogP contribution is -2.35. The number of aliphatic hydroxyl groups is 1. The van der Waals surface area contributed by atoms with E-state index in [1.165, 1.54) is 0 Å². The Morgan fingerprint density at radius 1 is 1.44 bits per heavy atom. The number of hydrogen-bond acceptors (Lipinski definition) is 4. The van der Waals surface area contributed by atoms with Crippen LogP contribution in [0.15, 0.2) is 18.3 Å². The molecule has 0 aliphatic carbocycles. The number of aromatic nitrogens is 1. The van der Waals surface area contributed by atoms with E-state index < -0.39 is 5.60 Å². The van der Waals surface area contributed by atoms with Gasteiger partial charge in [0, 0.05) is 26.3 Å². The molecule has 0 saturated heterocycles. The third kappa shape index (κ3) is 4.59. The van der Waals surface area contributed by atoms with Crippen molar-refractivity contribution in [3.05, 3.63) is 23.9 Å². The highest BCUT2D eigenvalue weighted by Gasteiger charge is 2.15. The van der Waals surface area contributed by atoms with E-state index in [1.54, 1.807) is 0 Å². The number of nitrogens with one attached hydrogen (secondary N) is 1. The first-order valence-corrected chi connectivity index (χ1v) is 5.44. The molecular formula is C12H21N3O. The molecule has 1 aromatic rings. The third-order valence-electron chi connectivity index (χ3n) is 2.19. The molecule has 90 valence electrons. The molecule has 1 rings (SSSR count). The van der Waals surface area contributed by atoms with Gasteiger partial charge in [-0.2, -0.15) is 0 Å². The average molecular weight is 223 g/mol. The Bertz CT molecular complexity index is 316. The van der Waals surface area contributed by atoms with Crippen LogP contribution in [0.3, 0.4) is 0 Å². The third-order valence-corrected chi connectivity index (χ3v) is 2.19. The fourth-order valence-corrected chi connectivity index (χ4v) is 1.69. The molecule has 0 aliphatic heterocycles. The van der Waals surface area contributed by atoms with Gasteiger partial charge in [-0.15, -0.1) is 0 Å². The Balaban J connectivity index is 2.53. The van der Waals surface area contributed by atoms with E-state index in [0.717, 1.165) is 17.9 Å². The zero-order valence-electron chi connectivity index (χ0n) is 10.5. The maximum atomic E-state index is 9.68. The molecule has 1 heterocycles. The number of hydrogen-bond donors (Lipinski definition) is 2. The summed E-state index contributed by atoms with van der Waals surface area (Å²) in [6, 6.07) is 3.99. The second-order valence-electron chi connectivity index (χ2n) is 4.79. The summed E-state index contributed by atoms with van der Waals surface area (Å²) in [6.07, 6.45) is 1.85. The van der Waals surface area contributed by atoms with E-state index in [4.69, 9.17) is 0 Å². The van der Waals surface area contributed by atoms with Crippen LogP contribution in [0.5, 0.6) is 0 Å². The van der Waals surface area contributed by atoms with Crippen molar-refractivity contribution in [2.75, 3.05) is 26.0 Å². The first-order valence-electron chi connectivity index (χ1n) is 5.44. The minimum absolute atomic E-state index is 0.640. The summed E-state index contributed by atoms with van der Waals surface area (Å²) in [5.41, 5.74) is 0.485. The van der Waals surface area contributed by atoms with Gasteiger partial charge >= 0.3 is 0 Å². The van der Waals surface area contributed by atoms with Crippen LogP contribution in [0.25, 0.3) is 0 Å². The number of nitrogens with zero attached hydrogens (tertiary/aromatic N) is 2. The van der Waals surface area contributed by atoms with Crippen LogP contribution in [0.2, 0.25) is 0 Å². The zero-order chi connectivity index (χ0) is 12.2. The van der Waals surface area contributed by atoms with Gasteiger partial charge in [0.25, 0.3) is 0 Å². The van der Waals surface area contributed by atoms with Crippen molar-refractivity contribution in [1.29, 1.82) is 0 Å². The summed E-state index contributed by atoms with van der Waals surface area (Å²) in [5.74, 6) is 0.869. The molecule has 0 atom stereocenters. The molecule has 0 aromatic carbocycles. The largest absolute Gasteiger partial charge is 0.389 e.